The van der Waals surface area contributed by atoms with Crippen LogP contribution < -0.4 is 0 Å². The Morgan fingerprint density at radius 2 is 1.88 bits per heavy atom. The second-order valence-corrected chi connectivity index (χ2v) is 7.75. The number of amides is 1. The number of carbonyl (C=O) groups is 2. The van der Waals surface area contributed by atoms with Crippen molar-refractivity contribution in [3.05, 3.63) is 11.6 Å². The zero-order valence-electron chi connectivity index (χ0n) is 15.5. The van der Waals surface area contributed by atoms with Gasteiger partial charge in [-0.2, -0.15) is 0 Å². The van der Waals surface area contributed by atoms with E-state index in [1.807, 2.05) is 27.7 Å². The maximum absolute atomic E-state index is 12.7. The zero-order chi connectivity index (χ0) is 17.8. The van der Waals surface area contributed by atoms with Crippen molar-refractivity contribution in [1.82, 2.24) is 4.90 Å². The van der Waals surface area contributed by atoms with Gasteiger partial charge in [0.15, 0.2) is 0 Å². The Labute approximate surface area is 145 Å². The molecule has 0 bridgehead atoms. The summed E-state index contributed by atoms with van der Waals surface area (Å²) < 4.78 is 10.9. The Hall–Kier alpha value is -1.52. The van der Waals surface area contributed by atoms with E-state index in [-0.39, 0.29) is 12.1 Å². The van der Waals surface area contributed by atoms with Gasteiger partial charge in [0, 0.05) is 13.1 Å². The van der Waals surface area contributed by atoms with Crippen LogP contribution in [0.2, 0.25) is 0 Å². The van der Waals surface area contributed by atoms with Crippen LogP contribution in [0.1, 0.15) is 66.2 Å². The van der Waals surface area contributed by atoms with Gasteiger partial charge in [0.1, 0.15) is 5.60 Å². The highest BCUT2D eigenvalue weighted by Gasteiger charge is 2.46. The highest BCUT2D eigenvalue weighted by molar-refractivity contribution is 5.81. The normalized spacial score (nSPS) is 21.0. The van der Waals surface area contributed by atoms with Crippen molar-refractivity contribution in [1.29, 1.82) is 0 Å². The molecule has 1 fully saturated rings. The highest BCUT2D eigenvalue weighted by atomic mass is 16.6. The van der Waals surface area contributed by atoms with E-state index in [0.29, 0.717) is 32.5 Å². The third kappa shape index (κ3) is 4.31. The average Bonchev–Trinajstić information content (AvgIpc) is 2.54. The molecular weight excluding hydrogens is 306 g/mol. The lowest BCUT2D eigenvalue weighted by atomic mass is 9.69. The van der Waals surface area contributed by atoms with Gasteiger partial charge >= 0.3 is 12.1 Å². The minimum absolute atomic E-state index is 0.123. The summed E-state index contributed by atoms with van der Waals surface area (Å²) in [5.74, 6) is -0.123. The van der Waals surface area contributed by atoms with Gasteiger partial charge in [-0.05, 0) is 66.2 Å². The fourth-order valence-corrected chi connectivity index (χ4v) is 3.60. The lowest BCUT2D eigenvalue weighted by Gasteiger charge is -2.42. The Balaban J connectivity index is 2.11. The molecular formula is C19H31NO4. The van der Waals surface area contributed by atoms with E-state index in [1.165, 1.54) is 12.0 Å². The standard InChI is InChI=1S/C19H31NO4/c1-5-23-16(21)19(15-9-7-6-8-10-15)11-13-20(14-12-19)17(22)24-18(2,3)4/h9H,5-8,10-14H2,1-4H3. The predicted molar refractivity (Wildman–Crippen MR) is 92.7 cm³/mol. The van der Waals surface area contributed by atoms with E-state index < -0.39 is 11.0 Å². The first-order chi connectivity index (χ1) is 11.3. The first kappa shape index (κ1) is 18.8. The van der Waals surface area contributed by atoms with Crippen molar-refractivity contribution in [2.45, 2.75) is 71.8 Å². The van der Waals surface area contributed by atoms with Gasteiger partial charge in [-0.3, -0.25) is 4.79 Å². The number of nitrogens with zero attached hydrogens (tertiary/aromatic N) is 1. The minimum Gasteiger partial charge on any atom is -0.465 e. The first-order valence-electron chi connectivity index (χ1n) is 9.13. The molecule has 2 aliphatic rings. The summed E-state index contributed by atoms with van der Waals surface area (Å²) in [7, 11) is 0. The van der Waals surface area contributed by atoms with E-state index >= 15 is 0 Å². The van der Waals surface area contributed by atoms with E-state index in [9.17, 15) is 9.59 Å². The SMILES string of the molecule is CCOC(=O)C1(C2=CCCCC2)CCN(C(=O)OC(C)(C)C)CC1. The predicted octanol–water partition coefficient (Wildman–Crippen LogP) is 4.07. The molecule has 2 rings (SSSR count). The molecule has 0 aromatic heterocycles. The molecule has 1 heterocycles. The van der Waals surface area contributed by atoms with Crippen molar-refractivity contribution in [3.63, 3.8) is 0 Å². The van der Waals surface area contributed by atoms with Gasteiger partial charge in [-0.25, -0.2) is 4.79 Å². The molecule has 0 saturated carbocycles. The van der Waals surface area contributed by atoms with Crippen molar-refractivity contribution in [3.8, 4) is 0 Å². The first-order valence-corrected chi connectivity index (χ1v) is 9.13. The molecule has 0 aromatic rings. The van der Waals surface area contributed by atoms with E-state index in [4.69, 9.17) is 9.47 Å². The van der Waals surface area contributed by atoms with Gasteiger partial charge in [-0.1, -0.05) is 11.6 Å². The number of ether oxygens (including phenoxy) is 2. The molecule has 1 amide bonds. The quantitative estimate of drug-likeness (QED) is 0.575. The van der Waals surface area contributed by atoms with E-state index in [2.05, 4.69) is 6.08 Å². The monoisotopic (exact) mass is 337 g/mol. The molecule has 1 saturated heterocycles. The lowest BCUT2D eigenvalue weighted by Crippen LogP contribution is -2.49. The fourth-order valence-electron chi connectivity index (χ4n) is 3.60. The van der Waals surface area contributed by atoms with Crippen LogP contribution in [0.3, 0.4) is 0 Å². The van der Waals surface area contributed by atoms with Crippen LogP contribution in [0, 0.1) is 5.41 Å². The van der Waals surface area contributed by atoms with Crippen molar-refractivity contribution in [2.24, 2.45) is 5.41 Å². The summed E-state index contributed by atoms with van der Waals surface area (Å²) in [6, 6.07) is 0. The Morgan fingerprint density at radius 3 is 2.38 bits per heavy atom. The molecule has 0 radical (unpaired) electrons. The van der Waals surface area contributed by atoms with Crippen molar-refractivity contribution in [2.75, 3.05) is 19.7 Å². The molecule has 0 N–H and O–H groups in total. The van der Waals surface area contributed by atoms with Crippen LogP contribution in [0.4, 0.5) is 4.79 Å². The number of esters is 1. The van der Waals surface area contributed by atoms with Gasteiger partial charge in [0.05, 0.1) is 12.0 Å². The summed E-state index contributed by atoms with van der Waals surface area (Å²) in [6.07, 6.45) is 7.49. The van der Waals surface area contributed by atoms with Crippen LogP contribution in [0.15, 0.2) is 11.6 Å². The maximum Gasteiger partial charge on any atom is 0.410 e. The second-order valence-electron chi connectivity index (χ2n) is 7.75. The smallest absolute Gasteiger partial charge is 0.410 e. The van der Waals surface area contributed by atoms with Gasteiger partial charge in [-0.15, -0.1) is 0 Å². The molecule has 5 heteroatoms. The molecule has 1 aliphatic carbocycles. The molecule has 0 aromatic carbocycles. The number of allylic oxidation sites excluding steroid dienone is 1. The number of piperidine rings is 1. The van der Waals surface area contributed by atoms with Crippen LogP contribution in [0.5, 0.6) is 0 Å². The molecule has 0 unspecified atom stereocenters. The number of rotatable bonds is 3. The summed E-state index contributed by atoms with van der Waals surface area (Å²) in [6.45, 7) is 8.90. The number of carbonyl (C=O) groups excluding carboxylic acids is 2. The molecule has 0 atom stereocenters. The summed E-state index contributed by atoms with van der Waals surface area (Å²) in [5.41, 5.74) is 0.171. The zero-order valence-corrected chi connectivity index (χ0v) is 15.5. The Kier molecular flexibility index (Phi) is 5.94. The maximum atomic E-state index is 12.7. The topological polar surface area (TPSA) is 55.8 Å². The lowest BCUT2D eigenvalue weighted by molar-refractivity contribution is -0.155. The largest absolute Gasteiger partial charge is 0.465 e. The minimum atomic E-state index is -0.547. The Bertz CT molecular complexity index is 496. The number of hydrogen-bond donors (Lipinski definition) is 0. The highest BCUT2D eigenvalue weighted by Crippen LogP contribution is 2.44. The summed E-state index contributed by atoms with van der Waals surface area (Å²) >= 11 is 0. The van der Waals surface area contributed by atoms with Gasteiger partial charge < -0.3 is 14.4 Å². The molecule has 136 valence electrons. The summed E-state index contributed by atoms with van der Waals surface area (Å²) in [5, 5.41) is 0. The van der Waals surface area contributed by atoms with E-state index in [1.54, 1.807) is 4.90 Å². The third-order valence-electron chi connectivity index (χ3n) is 4.84. The molecule has 24 heavy (non-hydrogen) atoms. The van der Waals surface area contributed by atoms with Crippen molar-refractivity contribution >= 4 is 12.1 Å². The second kappa shape index (κ2) is 7.58. The van der Waals surface area contributed by atoms with Crippen molar-refractivity contribution < 1.29 is 19.1 Å². The van der Waals surface area contributed by atoms with Crippen LogP contribution >= 0.6 is 0 Å². The Morgan fingerprint density at radius 1 is 1.21 bits per heavy atom. The average molecular weight is 337 g/mol. The van der Waals surface area contributed by atoms with Crippen LogP contribution in [-0.4, -0.2) is 42.3 Å². The summed E-state index contributed by atoms with van der Waals surface area (Å²) in [4.78, 5) is 26.7. The van der Waals surface area contributed by atoms with Gasteiger partial charge in [0.2, 0.25) is 0 Å². The van der Waals surface area contributed by atoms with Crippen LogP contribution in [0.25, 0.3) is 0 Å². The van der Waals surface area contributed by atoms with E-state index in [0.717, 1.165) is 19.3 Å². The third-order valence-corrected chi connectivity index (χ3v) is 4.84. The van der Waals surface area contributed by atoms with Crippen LogP contribution in [-0.2, 0) is 14.3 Å². The molecule has 5 nitrogen and oxygen atoms in total. The van der Waals surface area contributed by atoms with Gasteiger partial charge in [0.25, 0.3) is 0 Å². The number of hydrogen-bond acceptors (Lipinski definition) is 4. The fraction of sp³-hybridized carbons (Fsp3) is 0.789. The number of likely N-dealkylation sites (tertiary alicyclic amines) is 1. The molecule has 1 aliphatic heterocycles. The molecule has 0 spiro atoms.